The van der Waals surface area contributed by atoms with Crippen LogP contribution in [0, 0.1) is 6.92 Å². The Morgan fingerprint density at radius 1 is 1.22 bits per heavy atom. The zero-order valence-electron chi connectivity index (χ0n) is 10.8. The van der Waals surface area contributed by atoms with Gasteiger partial charge in [-0.25, -0.2) is 0 Å². The first-order valence-corrected chi connectivity index (χ1v) is 7.24. The maximum atomic E-state index is 4.25. The van der Waals surface area contributed by atoms with Crippen molar-refractivity contribution < 1.29 is 0 Å². The van der Waals surface area contributed by atoms with E-state index < -0.39 is 0 Å². The molecule has 3 nitrogen and oxygen atoms in total. The summed E-state index contributed by atoms with van der Waals surface area (Å²) in [5.74, 6) is 0.881. The first-order chi connectivity index (χ1) is 8.72. The van der Waals surface area contributed by atoms with E-state index in [-0.39, 0.29) is 0 Å². The molecule has 2 aromatic rings. The van der Waals surface area contributed by atoms with Gasteiger partial charge in [0.2, 0.25) is 0 Å². The SMILES string of the molecule is CCC(Br)CCNc1nnc(C)c2ccccc12. The van der Waals surface area contributed by atoms with Crippen molar-refractivity contribution in [3.05, 3.63) is 30.0 Å². The fourth-order valence-corrected chi connectivity index (χ4v) is 2.15. The number of aromatic nitrogens is 2. The van der Waals surface area contributed by atoms with Gasteiger partial charge in [-0.3, -0.25) is 0 Å². The standard InChI is InChI=1S/C14H18BrN3/c1-3-11(15)8-9-16-14-13-7-5-4-6-12(13)10(2)17-18-14/h4-7,11H,3,8-9H2,1-2H3,(H,16,18). The topological polar surface area (TPSA) is 37.8 Å². The summed E-state index contributed by atoms with van der Waals surface area (Å²) in [6.45, 7) is 5.08. The monoisotopic (exact) mass is 307 g/mol. The lowest BCUT2D eigenvalue weighted by atomic mass is 10.1. The van der Waals surface area contributed by atoms with Crippen LogP contribution in [-0.2, 0) is 0 Å². The highest BCUT2D eigenvalue weighted by molar-refractivity contribution is 9.09. The summed E-state index contributed by atoms with van der Waals surface area (Å²) in [4.78, 5) is 0.565. The lowest BCUT2D eigenvalue weighted by Crippen LogP contribution is -2.10. The highest BCUT2D eigenvalue weighted by atomic mass is 79.9. The quantitative estimate of drug-likeness (QED) is 0.851. The number of aryl methyl sites for hydroxylation is 1. The van der Waals surface area contributed by atoms with E-state index in [2.05, 4.69) is 50.5 Å². The van der Waals surface area contributed by atoms with Gasteiger partial charge in [-0.15, -0.1) is 5.10 Å². The number of alkyl halides is 1. The Hall–Kier alpha value is -1.16. The van der Waals surface area contributed by atoms with Crippen LogP contribution in [0.15, 0.2) is 24.3 Å². The second kappa shape index (κ2) is 6.14. The van der Waals surface area contributed by atoms with Crippen molar-refractivity contribution in [3.8, 4) is 0 Å². The molecule has 0 aliphatic carbocycles. The van der Waals surface area contributed by atoms with E-state index in [9.17, 15) is 0 Å². The number of hydrogen-bond donors (Lipinski definition) is 1. The molecule has 2 rings (SSSR count). The molecule has 0 radical (unpaired) electrons. The van der Waals surface area contributed by atoms with E-state index in [1.165, 1.54) is 5.39 Å². The van der Waals surface area contributed by atoms with Crippen molar-refractivity contribution in [1.29, 1.82) is 0 Å². The Kier molecular flexibility index (Phi) is 4.53. The van der Waals surface area contributed by atoms with Crippen LogP contribution < -0.4 is 5.32 Å². The average Bonchev–Trinajstić information content (AvgIpc) is 2.41. The molecule has 0 spiro atoms. The number of nitrogens with zero attached hydrogens (tertiary/aromatic N) is 2. The van der Waals surface area contributed by atoms with Gasteiger partial charge in [0, 0.05) is 22.1 Å². The average molecular weight is 308 g/mol. The third kappa shape index (κ3) is 2.99. The molecule has 0 aliphatic rings. The van der Waals surface area contributed by atoms with Crippen LogP contribution >= 0.6 is 15.9 Å². The molecular formula is C14H18BrN3. The van der Waals surface area contributed by atoms with E-state index >= 15 is 0 Å². The molecule has 1 heterocycles. The summed E-state index contributed by atoms with van der Waals surface area (Å²) in [5, 5.41) is 14.1. The molecule has 1 aromatic carbocycles. The molecule has 0 bridgehead atoms. The lowest BCUT2D eigenvalue weighted by molar-refractivity contribution is 0.771. The first kappa shape index (κ1) is 13.3. The molecule has 18 heavy (non-hydrogen) atoms. The molecule has 0 saturated carbocycles. The molecule has 4 heteroatoms. The molecule has 0 saturated heterocycles. The van der Waals surface area contributed by atoms with Crippen molar-refractivity contribution in [2.24, 2.45) is 0 Å². The van der Waals surface area contributed by atoms with Crippen LogP contribution in [0.5, 0.6) is 0 Å². The number of anilines is 1. The van der Waals surface area contributed by atoms with Gasteiger partial charge in [-0.05, 0) is 19.8 Å². The zero-order chi connectivity index (χ0) is 13.0. The minimum absolute atomic E-state index is 0.565. The number of nitrogens with one attached hydrogen (secondary N) is 1. The predicted molar refractivity (Wildman–Crippen MR) is 80.4 cm³/mol. The number of halogens is 1. The van der Waals surface area contributed by atoms with Gasteiger partial charge in [0.15, 0.2) is 5.82 Å². The van der Waals surface area contributed by atoms with Crippen molar-refractivity contribution in [2.45, 2.75) is 31.5 Å². The molecule has 96 valence electrons. The molecule has 1 aromatic heterocycles. The molecule has 0 aliphatic heterocycles. The summed E-state index contributed by atoms with van der Waals surface area (Å²) in [7, 11) is 0. The number of fused-ring (bicyclic) bond motifs is 1. The Morgan fingerprint density at radius 2 is 1.94 bits per heavy atom. The minimum atomic E-state index is 0.565. The van der Waals surface area contributed by atoms with Gasteiger partial charge >= 0.3 is 0 Å². The zero-order valence-corrected chi connectivity index (χ0v) is 12.4. The summed E-state index contributed by atoms with van der Waals surface area (Å²) < 4.78 is 0. The van der Waals surface area contributed by atoms with Crippen molar-refractivity contribution in [2.75, 3.05) is 11.9 Å². The van der Waals surface area contributed by atoms with Crippen LogP contribution in [0.1, 0.15) is 25.5 Å². The number of hydrogen-bond acceptors (Lipinski definition) is 3. The van der Waals surface area contributed by atoms with Gasteiger partial charge < -0.3 is 5.32 Å². The van der Waals surface area contributed by atoms with Crippen LogP contribution in [0.4, 0.5) is 5.82 Å². The Balaban J connectivity index is 2.16. The smallest absolute Gasteiger partial charge is 0.156 e. The fourth-order valence-electron chi connectivity index (χ4n) is 1.92. The van der Waals surface area contributed by atoms with Crippen molar-refractivity contribution in [1.82, 2.24) is 10.2 Å². The van der Waals surface area contributed by atoms with E-state index in [0.29, 0.717) is 4.83 Å². The third-order valence-corrected chi connectivity index (χ3v) is 4.17. The van der Waals surface area contributed by atoms with Crippen LogP contribution in [0.25, 0.3) is 10.8 Å². The summed E-state index contributed by atoms with van der Waals surface area (Å²) >= 11 is 3.64. The summed E-state index contributed by atoms with van der Waals surface area (Å²) in [6, 6.07) is 8.25. The second-order valence-electron chi connectivity index (χ2n) is 4.40. The maximum Gasteiger partial charge on any atom is 0.156 e. The van der Waals surface area contributed by atoms with Crippen molar-refractivity contribution in [3.63, 3.8) is 0 Å². The molecule has 0 amide bonds. The van der Waals surface area contributed by atoms with Crippen LogP contribution in [0.3, 0.4) is 0 Å². The van der Waals surface area contributed by atoms with Gasteiger partial charge in [-0.2, -0.15) is 5.10 Å². The second-order valence-corrected chi connectivity index (χ2v) is 5.70. The Morgan fingerprint density at radius 3 is 2.67 bits per heavy atom. The third-order valence-electron chi connectivity index (χ3n) is 3.06. The van der Waals surface area contributed by atoms with Gasteiger partial charge in [0.1, 0.15) is 0 Å². The van der Waals surface area contributed by atoms with Crippen molar-refractivity contribution >= 4 is 32.5 Å². The van der Waals surface area contributed by atoms with E-state index in [4.69, 9.17) is 0 Å². The fraction of sp³-hybridized carbons (Fsp3) is 0.429. The summed E-state index contributed by atoms with van der Waals surface area (Å²) in [6.07, 6.45) is 2.22. The maximum absolute atomic E-state index is 4.25. The summed E-state index contributed by atoms with van der Waals surface area (Å²) in [5.41, 5.74) is 0.975. The number of benzene rings is 1. The van der Waals surface area contributed by atoms with Crippen LogP contribution in [0.2, 0.25) is 0 Å². The normalized spacial score (nSPS) is 12.6. The molecule has 1 atom stereocenters. The largest absolute Gasteiger partial charge is 0.368 e. The number of rotatable bonds is 5. The Labute approximate surface area is 116 Å². The molecular weight excluding hydrogens is 290 g/mol. The highest BCUT2D eigenvalue weighted by Gasteiger charge is 2.06. The lowest BCUT2D eigenvalue weighted by Gasteiger charge is -2.11. The molecule has 0 fully saturated rings. The van der Waals surface area contributed by atoms with Gasteiger partial charge in [0.25, 0.3) is 0 Å². The Bertz CT molecular complexity index is 527. The van der Waals surface area contributed by atoms with Gasteiger partial charge in [0.05, 0.1) is 5.69 Å². The first-order valence-electron chi connectivity index (χ1n) is 6.32. The predicted octanol–water partition coefficient (Wildman–Crippen LogP) is 3.91. The molecule has 1 N–H and O–H groups in total. The van der Waals surface area contributed by atoms with Gasteiger partial charge in [-0.1, -0.05) is 47.1 Å². The van der Waals surface area contributed by atoms with E-state index in [0.717, 1.165) is 36.3 Å². The molecule has 1 unspecified atom stereocenters. The van der Waals surface area contributed by atoms with E-state index in [1.54, 1.807) is 0 Å². The highest BCUT2D eigenvalue weighted by Crippen LogP contribution is 2.22. The minimum Gasteiger partial charge on any atom is -0.368 e. The van der Waals surface area contributed by atoms with Crippen LogP contribution in [-0.4, -0.2) is 21.6 Å². The van der Waals surface area contributed by atoms with E-state index in [1.807, 2.05) is 19.1 Å².